The van der Waals surface area contributed by atoms with Gasteiger partial charge in [0.2, 0.25) is 6.33 Å². The minimum absolute atomic E-state index is 0.581. The van der Waals surface area contributed by atoms with Crippen molar-refractivity contribution < 1.29 is 14.0 Å². The predicted octanol–water partition coefficient (Wildman–Crippen LogP) is 0.292. The van der Waals surface area contributed by atoms with Gasteiger partial charge in [0.1, 0.15) is 11.9 Å². The third-order valence-electron chi connectivity index (χ3n) is 1.64. The number of aryl methyl sites for hydroxylation is 1. The summed E-state index contributed by atoms with van der Waals surface area (Å²) in [5, 5.41) is 0. The summed E-state index contributed by atoms with van der Waals surface area (Å²) in [6.45, 7) is 3.20. The van der Waals surface area contributed by atoms with Crippen LogP contribution >= 0.6 is 0 Å². The third kappa shape index (κ3) is 2.06. The molecule has 1 aromatic heterocycles. The van der Waals surface area contributed by atoms with Crippen LogP contribution in [0.4, 0.5) is 0 Å². The maximum atomic E-state index is 5.01. The van der Waals surface area contributed by atoms with E-state index in [2.05, 4.69) is 0 Å². The molecule has 0 bridgehead atoms. The predicted molar refractivity (Wildman–Crippen MR) is 43.4 cm³/mol. The van der Waals surface area contributed by atoms with E-state index in [9.17, 15) is 0 Å². The van der Waals surface area contributed by atoms with Gasteiger partial charge < -0.3 is 9.47 Å². The number of methoxy groups -OCH3 is 2. The van der Waals surface area contributed by atoms with E-state index < -0.39 is 0 Å². The Morgan fingerprint density at radius 1 is 1.42 bits per heavy atom. The van der Waals surface area contributed by atoms with Crippen LogP contribution in [0, 0.1) is 6.92 Å². The Morgan fingerprint density at radius 3 is 2.75 bits per heavy atom. The Hall–Kier alpha value is -0.870. The van der Waals surface area contributed by atoms with Crippen LogP contribution in [0.2, 0.25) is 0 Å². The molecule has 0 N–H and O–H groups in total. The summed E-state index contributed by atoms with van der Waals surface area (Å²) in [6, 6.07) is 0. The first-order chi connectivity index (χ1) is 5.77. The Kier molecular flexibility index (Phi) is 3.25. The minimum atomic E-state index is 0.581. The number of nitrogens with zero attached hydrogens (tertiary/aromatic N) is 2. The van der Waals surface area contributed by atoms with Crippen molar-refractivity contribution in [2.24, 2.45) is 0 Å². The van der Waals surface area contributed by atoms with E-state index >= 15 is 0 Å². The average molecular weight is 171 g/mol. The first-order valence-corrected chi connectivity index (χ1v) is 3.81. The highest BCUT2D eigenvalue weighted by atomic mass is 16.5. The topological polar surface area (TPSA) is 27.3 Å². The van der Waals surface area contributed by atoms with Gasteiger partial charge in [0.25, 0.3) is 0 Å². The molecule has 4 nitrogen and oxygen atoms in total. The largest absolute Gasteiger partial charge is 0.345 e. The van der Waals surface area contributed by atoms with Crippen LogP contribution in [0.25, 0.3) is 0 Å². The van der Waals surface area contributed by atoms with Crippen LogP contribution in [0.1, 0.15) is 5.69 Å². The second kappa shape index (κ2) is 4.23. The second-order valence-electron chi connectivity index (χ2n) is 2.71. The molecule has 0 radical (unpaired) electrons. The molecule has 1 aromatic rings. The number of ether oxygens (including phenoxy) is 2. The Morgan fingerprint density at radius 2 is 2.17 bits per heavy atom. The molecule has 0 aliphatic carbocycles. The van der Waals surface area contributed by atoms with Gasteiger partial charge in [-0.1, -0.05) is 0 Å². The zero-order chi connectivity index (χ0) is 8.97. The SMILES string of the molecule is COCn1c[n+](COC)cc1C. The van der Waals surface area contributed by atoms with E-state index in [-0.39, 0.29) is 0 Å². The van der Waals surface area contributed by atoms with Crippen molar-refractivity contribution in [2.75, 3.05) is 14.2 Å². The van der Waals surface area contributed by atoms with Crippen LogP contribution in [0.5, 0.6) is 0 Å². The number of aromatic nitrogens is 2. The smallest absolute Gasteiger partial charge is 0.247 e. The fourth-order valence-electron chi connectivity index (χ4n) is 1.11. The van der Waals surface area contributed by atoms with Gasteiger partial charge in [-0.3, -0.25) is 0 Å². The second-order valence-corrected chi connectivity index (χ2v) is 2.71. The van der Waals surface area contributed by atoms with Crippen molar-refractivity contribution >= 4 is 0 Å². The van der Waals surface area contributed by atoms with Gasteiger partial charge in [0.05, 0.1) is 0 Å². The molecule has 0 aliphatic heterocycles. The molecule has 0 aromatic carbocycles. The molecule has 0 amide bonds. The van der Waals surface area contributed by atoms with Gasteiger partial charge >= 0.3 is 0 Å². The molecule has 4 heteroatoms. The van der Waals surface area contributed by atoms with Crippen LogP contribution in [-0.2, 0) is 22.9 Å². The van der Waals surface area contributed by atoms with Gasteiger partial charge in [0, 0.05) is 21.1 Å². The highest BCUT2D eigenvalue weighted by molar-refractivity contribution is 4.87. The fourth-order valence-corrected chi connectivity index (χ4v) is 1.11. The lowest BCUT2D eigenvalue weighted by molar-refractivity contribution is -0.730. The Bertz CT molecular complexity index is 245. The molecule has 12 heavy (non-hydrogen) atoms. The van der Waals surface area contributed by atoms with Gasteiger partial charge in [-0.05, 0) is 0 Å². The minimum Gasteiger partial charge on any atom is -0.345 e. The summed E-state index contributed by atoms with van der Waals surface area (Å²) in [7, 11) is 3.36. The molecule has 0 unspecified atom stereocenters. The van der Waals surface area contributed by atoms with Crippen molar-refractivity contribution in [1.82, 2.24) is 4.57 Å². The zero-order valence-electron chi connectivity index (χ0n) is 7.78. The van der Waals surface area contributed by atoms with E-state index in [1.807, 2.05) is 28.6 Å². The van der Waals surface area contributed by atoms with Gasteiger partial charge in [-0.15, -0.1) is 0 Å². The summed E-state index contributed by atoms with van der Waals surface area (Å²) in [4.78, 5) is 0. The number of hydrogen-bond acceptors (Lipinski definition) is 2. The first-order valence-electron chi connectivity index (χ1n) is 3.81. The van der Waals surface area contributed by atoms with Gasteiger partial charge in [-0.25, -0.2) is 9.13 Å². The van der Waals surface area contributed by atoms with Crippen molar-refractivity contribution in [2.45, 2.75) is 20.4 Å². The molecule has 0 aliphatic rings. The van der Waals surface area contributed by atoms with Crippen molar-refractivity contribution in [3.05, 3.63) is 18.2 Å². The molecule has 1 rings (SSSR count). The van der Waals surface area contributed by atoms with Gasteiger partial charge in [0.15, 0.2) is 13.5 Å². The van der Waals surface area contributed by atoms with Crippen LogP contribution in [0.3, 0.4) is 0 Å². The molecule has 0 spiro atoms. The Balaban J connectivity index is 2.70. The van der Waals surface area contributed by atoms with Crippen LogP contribution in [-0.4, -0.2) is 18.8 Å². The van der Waals surface area contributed by atoms with E-state index in [0.717, 1.165) is 5.69 Å². The molecule has 0 saturated heterocycles. The monoisotopic (exact) mass is 171 g/mol. The van der Waals surface area contributed by atoms with E-state index in [0.29, 0.717) is 13.5 Å². The summed E-state index contributed by atoms with van der Waals surface area (Å²) < 4.78 is 14.0. The first kappa shape index (κ1) is 9.22. The average Bonchev–Trinajstić information content (AvgIpc) is 2.34. The highest BCUT2D eigenvalue weighted by Gasteiger charge is 2.07. The molecule has 0 atom stereocenters. The zero-order valence-corrected chi connectivity index (χ0v) is 7.78. The quantitative estimate of drug-likeness (QED) is 0.609. The molecular formula is C8H15N2O2+. The van der Waals surface area contributed by atoms with Crippen molar-refractivity contribution in [1.29, 1.82) is 0 Å². The summed E-state index contributed by atoms with van der Waals surface area (Å²) >= 11 is 0. The van der Waals surface area contributed by atoms with Crippen molar-refractivity contribution in [3.63, 3.8) is 0 Å². The van der Waals surface area contributed by atoms with E-state index in [1.165, 1.54) is 0 Å². The lowest BCUT2D eigenvalue weighted by Crippen LogP contribution is -2.31. The number of hydrogen-bond donors (Lipinski definition) is 0. The lowest BCUT2D eigenvalue weighted by Gasteiger charge is -1.93. The maximum Gasteiger partial charge on any atom is 0.247 e. The molecule has 68 valence electrons. The van der Waals surface area contributed by atoms with Crippen molar-refractivity contribution in [3.8, 4) is 0 Å². The number of imidazole rings is 1. The summed E-state index contributed by atoms with van der Waals surface area (Å²) in [6.07, 6.45) is 3.98. The number of rotatable bonds is 4. The Labute approximate surface area is 72.3 Å². The van der Waals surface area contributed by atoms with Crippen LogP contribution in [0.15, 0.2) is 12.5 Å². The highest BCUT2D eigenvalue weighted by Crippen LogP contribution is 1.94. The molecular weight excluding hydrogens is 156 g/mol. The summed E-state index contributed by atoms with van der Waals surface area (Å²) in [5.74, 6) is 0. The standard InChI is InChI=1S/C8H15N2O2/c1-8-4-9(6-11-2)5-10(8)7-12-3/h4-5H,6-7H2,1-3H3/q+1. The molecule has 0 fully saturated rings. The lowest BCUT2D eigenvalue weighted by atomic mass is 10.5. The molecule has 1 heterocycles. The van der Waals surface area contributed by atoms with Gasteiger partial charge in [-0.2, -0.15) is 0 Å². The normalized spacial score (nSPS) is 10.6. The maximum absolute atomic E-state index is 5.01. The fraction of sp³-hybridized carbons (Fsp3) is 0.625. The third-order valence-corrected chi connectivity index (χ3v) is 1.64. The van der Waals surface area contributed by atoms with Crippen LogP contribution < -0.4 is 4.57 Å². The van der Waals surface area contributed by atoms with E-state index in [4.69, 9.17) is 9.47 Å². The van der Waals surface area contributed by atoms with E-state index in [1.54, 1.807) is 14.2 Å². The molecule has 0 saturated carbocycles. The summed E-state index contributed by atoms with van der Waals surface area (Å²) in [5.41, 5.74) is 1.16.